The van der Waals surface area contributed by atoms with Gasteiger partial charge in [0.1, 0.15) is 29.3 Å². The quantitative estimate of drug-likeness (QED) is 0.196. The van der Waals surface area contributed by atoms with Crippen molar-refractivity contribution >= 4 is 16.9 Å². The first kappa shape index (κ1) is 34.9. The molecule has 268 valence electrons. The minimum Gasteiger partial charge on any atom is -0.457 e. The van der Waals surface area contributed by atoms with Crippen molar-refractivity contribution in [3.63, 3.8) is 0 Å². The van der Waals surface area contributed by atoms with Crippen LogP contribution in [0.15, 0.2) is 60.9 Å². The summed E-state index contributed by atoms with van der Waals surface area (Å²) in [7, 11) is 0. The first-order valence-electron chi connectivity index (χ1n) is 19.3. The van der Waals surface area contributed by atoms with E-state index < -0.39 is 0 Å². The lowest BCUT2D eigenvalue weighted by Gasteiger charge is -2.38. The number of anilines is 1. The summed E-state index contributed by atoms with van der Waals surface area (Å²) in [6.45, 7) is 12.9. The summed E-state index contributed by atoms with van der Waals surface area (Å²) in [5.74, 6) is 3.78. The highest BCUT2D eigenvalue weighted by molar-refractivity contribution is 5.98. The molecule has 0 unspecified atom stereocenters. The van der Waals surface area contributed by atoms with Crippen LogP contribution in [0, 0.1) is 11.8 Å². The summed E-state index contributed by atoms with van der Waals surface area (Å²) < 4.78 is 8.15. The van der Waals surface area contributed by atoms with E-state index in [4.69, 9.17) is 20.6 Å². The fourth-order valence-corrected chi connectivity index (χ4v) is 8.25. The lowest BCUT2D eigenvalue weighted by molar-refractivity contribution is 0.119. The standard InChI is InChI=1S/C40H57N9O/c1-30-15-24-47(25-16-30)26-17-31-11-20-42-22-13-33(14-23-43-21-12-31)48-27-18-34(19-28-48)49-40-37(39(41)44-29-45-40)38(46-49)32-7-9-36(10-8-32)50-35-5-3-2-4-6-35/h2-10,29-31,33-34,42-43H,11-28H2,1H3,(H2,41,44,45). The number of nitrogens with two attached hydrogens (primary N) is 1. The molecule has 0 spiro atoms. The van der Waals surface area contributed by atoms with Gasteiger partial charge in [0, 0.05) is 24.7 Å². The van der Waals surface area contributed by atoms with Gasteiger partial charge in [0.05, 0.1) is 11.4 Å². The van der Waals surface area contributed by atoms with E-state index in [-0.39, 0.29) is 6.04 Å². The number of hydrogen-bond acceptors (Lipinski definition) is 9. The molecule has 3 aliphatic heterocycles. The highest BCUT2D eigenvalue weighted by Gasteiger charge is 2.29. The molecule has 0 atom stereocenters. The summed E-state index contributed by atoms with van der Waals surface area (Å²) in [6, 6.07) is 18.7. The second-order valence-electron chi connectivity index (χ2n) is 14.9. The Morgan fingerprint density at radius 3 is 2.10 bits per heavy atom. The average Bonchev–Trinajstić information content (AvgIpc) is 3.54. The summed E-state index contributed by atoms with van der Waals surface area (Å²) in [5, 5.41) is 13.7. The van der Waals surface area contributed by atoms with E-state index in [1.165, 1.54) is 64.6 Å². The van der Waals surface area contributed by atoms with Crippen LogP contribution < -0.4 is 21.1 Å². The molecule has 3 aliphatic rings. The van der Waals surface area contributed by atoms with Crippen LogP contribution in [0.1, 0.15) is 70.8 Å². The van der Waals surface area contributed by atoms with Gasteiger partial charge < -0.3 is 30.9 Å². The van der Waals surface area contributed by atoms with Crippen molar-refractivity contribution in [2.75, 3.05) is 64.6 Å². The molecule has 4 aromatic rings. The molecule has 50 heavy (non-hydrogen) atoms. The fraction of sp³-hybridized carbons (Fsp3) is 0.575. The van der Waals surface area contributed by atoms with E-state index in [0.717, 1.165) is 97.7 Å². The number of nitrogens with zero attached hydrogens (tertiary/aromatic N) is 6. The van der Waals surface area contributed by atoms with Gasteiger partial charge in [-0.3, -0.25) is 0 Å². The van der Waals surface area contributed by atoms with Crippen LogP contribution in [0.5, 0.6) is 11.5 Å². The zero-order chi connectivity index (χ0) is 34.1. The zero-order valence-corrected chi connectivity index (χ0v) is 30.0. The fourth-order valence-electron chi connectivity index (χ4n) is 8.25. The van der Waals surface area contributed by atoms with Gasteiger partial charge in [-0.25, -0.2) is 14.6 Å². The smallest absolute Gasteiger partial charge is 0.164 e. The Hall–Kier alpha value is -3.57. The number of nitrogen functional groups attached to an aromatic ring is 1. The van der Waals surface area contributed by atoms with Gasteiger partial charge >= 0.3 is 0 Å². The molecule has 0 aliphatic carbocycles. The van der Waals surface area contributed by atoms with Gasteiger partial charge in [-0.05, 0) is 152 Å². The van der Waals surface area contributed by atoms with Crippen LogP contribution in [-0.4, -0.2) is 94.5 Å². The Morgan fingerprint density at radius 2 is 1.40 bits per heavy atom. The summed E-state index contributed by atoms with van der Waals surface area (Å²) >= 11 is 0. The molecule has 4 N–H and O–H groups in total. The molecule has 10 nitrogen and oxygen atoms in total. The van der Waals surface area contributed by atoms with Crippen molar-refractivity contribution in [2.45, 2.75) is 76.8 Å². The van der Waals surface area contributed by atoms with Crippen LogP contribution in [0.3, 0.4) is 0 Å². The Morgan fingerprint density at radius 1 is 0.740 bits per heavy atom. The van der Waals surface area contributed by atoms with E-state index in [0.29, 0.717) is 11.9 Å². The zero-order valence-electron chi connectivity index (χ0n) is 30.0. The number of fused-ring (bicyclic) bond motifs is 1. The molecule has 5 heterocycles. The topological polar surface area (TPSA) is 109 Å². The molecule has 0 bridgehead atoms. The molecule has 3 fully saturated rings. The third-order valence-electron chi connectivity index (χ3n) is 11.5. The molecule has 0 saturated carbocycles. The van der Waals surface area contributed by atoms with Crippen molar-refractivity contribution in [2.24, 2.45) is 11.8 Å². The Kier molecular flexibility index (Phi) is 11.9. The van der Waals surface area contributed by atoms with E-state index >= 15 is 0 Å². The van der Waals surface area contributed by atoms with Gasteiger partial charge in [0.25, 0.3) is 0 Å². The number of piperidine rings is 2. The minimum absolute atomic E-state index is 0.269. The second-order valence-corrected chi connectivity index (χ2v) is 14.9. The monoisotopic (exact) mass is 679 g/mol. The van der Waals surface area contributed by atoms with Gasteiger partial charge in [0.15, 0.2) is 5.65 Å². The number of aromatic nitrogens is 4. The largest absolute Gasteiger partial charge is 0.457 e. The van der Waals surface area contributed by atoms with Gasteiger partial charge in [-0.1, -0.05) is 25.1 Å². The normalized spacial score (nSPS) is 23.0. The number of benzene rings is 2. The van der Waals surface area contributed by atoms with Crippen molar-refractivity contribution in [3.05, 3.63) is 60.9 Å². The molecule has 10 heteroatoms. The maximum atomic E-state index is 6.47. The van der Waals surface area contributed by atoms with Crippen molar-refractivity contribution < 1.29 is 4.74 Å². The molecule has 2 aromatic heterocycles. The van der Waals surface area contributed by atoms with Crippen LogP contribution in [0.25, 0.3) is 22.3 Å². The molecule has 0 amide bonds. The average molecular weight is 680 g/mol. The third-order valence-corrected chi connectivity index (χ3v) is 11.5. The minimum atomic E-state index is 0.269. The lowest BCUT2D eigenvalue weighted by Crippen LogP contribution is -2.44. The second kappa shape index (κ2) is 17.1. The number of nitrogens with one attached hydrogen (secondary N) is 2. The highest BCUT2D eigenvalue weighted by atomic mass is 16.5. The lowest BCUT2D eigenvalue weighted by atomic mass is 9.94. The first-order chi connectivity index (χ1) is 24.6. The molecular formula is C40H57N9O. The third kappa shape index (κ3) is 8.83. The number of rotatable bonds is 8. The number of para-hydroxylation sites is 1. The summed E-state index contributed by atoms with van der Waals surface area (Å²) in [5.41, 5.74) is 9.09. The maximum absolute atomic E-state index is 6.47. The van der Waals surface area contributed by atoms with E-state index in [1.54, 1.807) is 6.33 Å². The van der Waals surface area contributed by atoms with Gasteiger partial charge in [-0.2, -0.15) is 5.10 Å². The molecule has 2 aromatic carbocycles. The van der Waals surface area contributed by atoms with Crippen molar-refractivity contribution in [1.82, 2.24) is 40.2 Å². The van der Waals surface area contributed by atoms with E-state index in [9.17, 15) is 0 Å². The number of hydrogen-bond donors (Lipinski definition) is 3. The summed E-state index contributed by atoms with van der Waals surface area (Å²) in [6.07, 6.45) is 12.7. The molecule has 3 saturated heterocycles. The SMILES string of the molecule is CC1CCN(CCC2CCNCCC(N3CCC(n4nc(-c5ccc(Oc6ccccc6)cc5)c5c(N)ncnc54)CC3)CCNCC2)CC1. The van der Waals surface area contributed by atoms with Crippen LogP contribution >= 0.6 is 0 Å². The van der Waals surface area contributed by atoms with E-state index in [2.05, 4.69) is 37.0 Å². The van der Waals surface area contributed by atoms with Crippen molar-refractivity contribution in [3.8, 4) is 22.8 Å². The maximum Gasteiger partial charge on any atom is 0.164 e. The van der Waals surface area contributed by atoms with E-state index in [1.807, 2.05) is 54.6 Å². The van der Waals surface area contributed by atoms with Gasteiger partial charge in [0.2, 0.25) is 0 Å². The van der Waals surface area contributed by atoms with Crippen LogP contribution in [0.2, 0.25) is 0 Å². The van der Waals surface area contributed by atoms with Crippen LogP contribution in [0.4, 0.5) is 5.82 Å². The van der Waals surface area contributed by atoms with Gasteiger partial charge in [-0.15, -0.1) is 0 Å². The number of likely N-dealkylation sites (tertiary alicyclic amines) is 2. The van der Waals surface area contributed by atoms with Crippen molar-refractivity contribution in [1.29, 1.82) is 0 Å². The predicted octanol–water partition coefficient (Wildman–Crippen LogP) is 6.36. The molecule has 0 radical (unpaired) electrons. The Labute approximate surface area is 298 Å². The predicted molar refractivity (Wildman–Crippen MR) is 202 cm³/mol. The van der Waals surface area contributed by atoms with Crippen LogP contribution in [-0.2, 0) is 0 Å². The number of ether oxygens (including phenoxy) is 1. The Balaban J connectivity index is 0.938. The first-order valence-corrected chi connectivity index (χ1v) is 19.3. The molecular weight excluding hydrogens is 623 g/mol. The molecule has 7 rings (SSSR count). The Bertz CT molecular complexity index is 1600. The highest BCUT2D eigenvalue weighted by Crippen LogP contribution is 2.35. The summed E-state index contributed by atoms with van der Waals surface area (Å²) in [4.78, 5) is 14.5.